The monoisotopic (exact) mass is 1300 g/mol. The summed E-state index contributed by atoms with van der Waals surface area (Å²) in [4.78, 5) is 78.2. The van der Waals surface area contributed by atoms with Crippen LogP contribution in [0.4, 0.5) is 42.1 Å². The van der Waals surface area contributed by atoms with Crippen molar-refractivity contribution in [2.24, 2.45) is 5.73 Å². The molecule has 0 saturated heterocycles. The number of nitro benzene ring substituents is 1. The smallest absolute Gasteiger partial charge is 0.416 e. The summed E-state index contributed by atoms with van der Waals surface area (Å²) < 4.78 is 64.2. The first-order valence-corrected chi connectivity index (χ1v) is 29.7. The molecule has 4 unspecified atom stereocenters. The normalized spacial score (nSPS) is 13.8. The minimum atomic E-state index is -4.58. The second kappa shape index (κ2) is 35.2. The molecular weight excluding hydrogens is 1240 g/mol. The van der Waals surface area contributed by atoms with E-state index >= 15 is 0 Å². The number of aliphatic carboxylic acids is 1. The van der Waals surface area contributed by atoms with E-state index in [4.69, 9.17) is 93.1 Å². The highest BCUT2D eigenvalue weighted by molar-refractivity contribution is 7.57. The highest BCUT2D eigenvalue weighted by Crippen LogP contribution is 2.39. The third-order valence-electron chi connectivity index (χ3n) is 11.1. The van der Waals surface area contributed by atoms with Gasteiger partial charge < -0.3 is 55.5 Å². The van der Waals surface area contributed by atoms with Crippen LogP contribution in [0.25, 0.3) is 0 Å². The van der Waals surface area contributed by atoms with Gasteiger partial charge in [-0.15, -0.1) is 11.6 Å². The van der Waals surface area contributed by atoms with Crippen LogP contribution in [0.3, 0.4) is 0 Å². The SMILES string of the molecule is CC1COc2ccccc2N1C(=O)C(Cl)Cl.CCNc1nc(Cl)nc(NC(C)C)n1.CCc1cccc(C)c1N(C(=O)CCl)C(C)COC.CP(=O)(O)CCC(N)C(=O)O.O=C(O)c1cc(Oc2ccc(C(F)(F)F)cc2Cl)ccc1[N+](=O)[O-]. The fraction of sp³-hybridized carbons (Fsp3) is 0.415. The number of amides is 2. The number of para-hydroxylation sites is 3. The van der Waals surface area contributed by atoms with Crippen molar-refractivity contribution in [3.8, 4) is 17.2 Å². The summed E-state index contributed by atoms with van der Waals surface area (Å²) in [5.41, 5.74) is 6.78. The molecule has 0 aliphatic carbocycles. The predicted octanol–water partition coefficient (Wildman–Crippen LogP) is 12.0. The second-order valence-corrected chi connectivity index (χ2v) is 23.0. The molecule has 1 aliphatic rings. The number of nitro groups is 1. The number of methoxy groups -OCH3 is 1. The minimum Gasteiger partial charge on any atom is -0.489 e. The number of nitrogens with zero attached hydrogens (tertiary/aromatic N) is 6. The molecule has 4 aromatic carbocycles. The molecule has 462 valence electrons. The summed E-state index contributed by atoms with van der Waals surface area (Å²) in [6.07, 6.45) is -3.70. The molecule has 1 aromatic heterocycles. The van der Waals surface area contributed by atoms with E-state index in [9.17, 15) is 47.0 Å². The van der Waals surface area contributed by atoms with E-state index in [1.54, 1.807) is 16.9 Å². The van der Waals surface area contributed by atoms with E-state index in [1.165, 1.54) is 6.66 Å². The van der Waals surface area contributed by atoms with E-state index in [0.717, 1.165) is 65.8 Å². The Morgan fingerprint density at radius 1 is 0.988 bits per heavy atom. The number of aryl methyl sites for hydroxylation is 2. The van der Waals surface area contributed by atoms with Crippen molar-refractivity contribution in [3.63, 3.8) is 0 Å². The Labute approximate surface area is 508 Å². The van der Waals surface area contributed by atoms with E-state index in [-0.39, 0.29) is 70.2 Å². The number of alkyl halides is 6. The Morgan fingerprint density at radius 2 is 1.63 bits per heavy atom. The Morgan fingerprint density at radius 3 is 2.15 bits per heavy atom. The molecule has 84 heavy (non-hydrogen) atoms. The zero-order valence-corrected chi connectivity index (χ0v) is 51.7. The number of rotatable bonds is 19. The van der Waals surface area contributed by atoms with Crippen molar-refractivity contribution >= 4 is 118 Å². The number of carbonyl (C=O) groups is 4. The number of fused-ring (bicyclic) bond motifs is 1. The molecule has 22 nitrogen and oxygen atoms in total. The first-order valence-electron chi connectivity index (χ1n) is 25.3. The van der Waals surface area contributed by atoms with E-state index in [2.05, 4.69) is 38.6 Å². The number of benzene rings is 4. The average molecular weight is 1300 g/mol. The fourth-order valence-corrected chi connectivity index (χ4v) is 8.75. The summed E-state index contributed by atoms with van der Waals surface area (Å²) >= 11 is 28.5. The van der Waals surface area contributed by atoms with Gasteiger partial charge in [-0.05, 0) is 114 Å². The van der Waals surface area contributed by atoms with Crippen molar-refractivity contribution in [1.82, 2.24) is 15.0 Å². The van der Waals surface area contributed by atoms with Gasteiger partial charge in [-0.3, -0.25) is 29.1 Å². The third kappa shape index (κ3) is 24.4. The first-order chi connectivity index (χ1) is 39.2. The van der Waals surface area contributed by atoms with Crippen molar-refractivity contribution in [3.05, 3.63) is 122 Å². The standard InChI is InChI=1S/C15H22ClNO2.C14H7ClF3NO5.C11H11Cl2NO2.C8H14ClN5.C5H12NO4P/c1-5-13-8-6-7-11(2)15(13)17(14(18)9-16)12(3)10-19-4;15-10-5-7(14(16,17)18)1-4-12(10)24-8-2-3-11(19(22)23)9(6-8)13(20)21;1-7-6-16-9-5-3-2-4-8(9)14(7)11(15)10(12)13;1-4-10-7-12-6(9)13-8(14-7)11-5(2)3;1-11(9,10)3-2-4(6)5(7)8/h6-8,12H,5,9-10H2,1-4H3;1-6H,(H,20,21);2-5,7,10H,6H2,1H3;5H,4H2,1-3H3,(H2,10,11,12,13,14);4H,2-3,6H2,1H3,(H,7,8)(H,9,10). The maximum atomic E-state index is 12.6. The number of aromatic nitrogens is 3. The van der Waals surface area contributed by atoms with Crippen LogP contribution in [-0.4, -0.2) is 133 Å². The maximum Gasteiger partial charge on any atom is 0.416 e. The highest BCUT2D eigenvalue weighted by atomic mass is 35.5. The van der Waals surface area contributed by atoms with Crippen molar-refractivity contribution in [2.75, 3.05) is 66.0 Å². The number of anilines is 4. The number of halogens is 8. The molecule has 2 heterocycles. The van der Waals surface area contributed by atoms with Gasteiger partial charge in [0.1, 0.15) is 41.3 Å². The molecule has 0 spiro atoms. The zero-order valence-electron chi connectivity index (χ0n) is 47.0. The Bertz CT molecular complexity index is 3060. The van der Waals surface area contributed by atoms with Gasteiger partial charge in [0, 0.05) is 44.7 Å². The lowest BCUT2D eigenvalue weighted by Crippen LogP contribution is -2.47. The molecule has 6 rings (SSSR count). The molecule has 2 amide bonds. The van der Waals surface area contributed by atoms with Gasteiger partial charge in [-0.2, -0.15) is 28.1 Å². The van der Waals surface area contributed by atoms with E-state index < -0.39 is 58.1 Å². The van der Waals surface area contributed by atoms with Crippen molar-refractivity contribution in [1.29, 1.82) is 0 Å². The molecule has 5 aromatic rings. The van der Waals surface area contributed by atoms with Crippen LogP contribution in [0.1, 0.15) is 75.0 Å². The molecule has 0 saturated carbocycles. The van der Waals surface area contributed by atoms with Crippen LogP contribution < -0.4 is 35.6 Å². The maximum absolute atomic E-state index is 12.6. The lowest BCUT2D eigenvalue weighted by molar-refractivity contribution is -0.385. The van der Waals surface area contributed by atoms with Gasteiger partial charge in [-0.1, -0.05) is 72.1 Å². The summed E-state index contributed by atoms with van der Waals surface area (Å²) in [6.45, 7) is 16.8. The number of hydrogen-bond donors (Lipinski definition) is 6. The molecule has 4 atom stereocenters. The van der Waals surface area contributed by atoms with Gasteiger partial charge in [0.2, 0.25) is 23.1 Å². The summed E-state index contributed by atoms with van der Waals surface area (Å²) in [5, 5.41) is 33.9. The molecule has 0 radical (unpaired) electrons. The Kier molecular flexibility index (Phi) is 31.0. The predicted molar refractivity (Wildman–Crippen MR) is 320 cm³/mol. The number of nitrogens with two attached hydrogens (primary N) is 1. The van der Waals surface area contributed by atoms with Crippen LogP contribution in [0.2, 0.25) is 10.3 Å². The lowest BCUT2D eigenvalue weighted by atomic mass is 10.0. The molecule has 0 fully saturated rings. The van der Waals surface area contributed by atoms with E-state index in [0.29, 0.717) is 36.9 Å². The number of carbonyl (C=O) groups excluding carboxylic acids is 2. The molecule has 0 bridgehead atoms. The Hall–Kier alpha value is -6.28. The number of carboxylic acids is 2. The average Bonchev–Trinajstić information content (AvgIpc) is 3.62. The van der Waals surface area contributed by atoms with Gasteiger partial charge in [0.05, 0.1) is 45.6 Å². The van der Waals surface area contributed by atoms with Crippen LogP contribution in [0.15, 0.2) is 78.9 Å². The van der Waals surface area contributed by atoms with Crippen molar-refractivity contribution < 1.29 is 71.2 Å². The summed E-state index contributed by atoms with van der Waals surface area (Å²) in [6, 6.07) is 17.8. The molecular formula is C53H66Cl5F3N9O13P. The Balaban J connectivity index is 0.000000367. The fourth-order valence-electron chi connectivity index (χ4n) is 7.27. The number of carboxylic acid groups (broad SMARTS) is 2. The van der Waals surface area contributed by atoms with E-state index in [1.807, 2.05) is 77.9 Å². The first kappa shape index (κ1) is 73.8. The number of nitrogens with one attached hydrogen (secondary N) is 2. The van der Waals surface area contributed by atoms with Gasteiger partial charge in [0.15, 0.2) is 12.2 Å². The minimum absolute atomic E-state index is 0.0223. The van der Waals surface area contributed by atoms with Crippen LogP contribution in [0, 0.1) is 17.0 Å². The number of hydrogen-bond acceptors (Lipinski definition) is 16. The topological polar surface area (TPSA) is 312 Å². The van der Waals surface area contributed by atoms with Crippen LogP contribution in [-0.2, 0) is 36.3 Å². The second-order valence-electron chi connectivity index (χ2n) is 18.3. The molecule has 31 heteroatoms. The highest BCUT2D eigenvalue weighted by Gasteiger charge is 2.33. The molecule has 1 aliphatic heterocycles. The zero-order chi connectivity index (χ0) is 63.8. The van der Waals surface area contributed by atoms with Gasteiger partial charge in [-0.25, -0.2) is 4.79 Å². The quantitative estimate of drug-likeness (QED) is 0.0194. The van der Waals surface area contributed by atoms with Gasteiger partial charge in [0.25, 0.3) is 11.6 Å². The third-order valence-corrected chi connectivity index (χ3v) is 13.2. The number of ether oxygens (including phenoxy) is 3. The van der Waals surface area contributed by atoms with Crippen molar-refractivity contribution in [2.45, 2.75) is 96.5 Å². The molecule has 7 N–H and O–H groups in total. The lowest BCUT2D eigenvalue weighted by Gasteiger charge is -2.35. The summed E-state index contributed by atoms with van der Waals surface area (Å²) in [7, 11) is -1.47. The van der Waals surface area contributed by atoms with Gasteiger partial charge >= 0.3 is 18.1 Å². The van der Waals surface area contributed by atoms with Crippen LogP contribution >= 0.6 is 65.4 Å². The largest absolute Gasteiger partial charge is 0.489 e. The van der Waals surface area contributed by atoms with Crippen LogP contribution in [0.5, 0.6) is 17.2 Å². The summed E-state index contributed by atoms with van der Waals surface area (Å²) in [5.74, 6) is -1.72. The number of aromatic carboxylic acids is 1.